The van der Waals surface area contributed by atoms with Crippen molar-refractivity contribution in [1.82, 2.24) is 5.48 Å². The van der Waals surface area contributed by atoms with Crippen LogP contribution < -0.4 is 5.48 Å². The fourth-order valence-electron chi connectivity index (χ4n) is 0.683. The minimum absolute atomic E-state index is 0.977. The second-order valence-electron chi connectivity index (χ2n) is 1.88. The Hall–Kier alpha value is -0.500. The van der Waals surface area contributed by atoms with Crippen molar-refractivity contribution in [2.45, 2.75) is 19.3 Å². The van der Waals surface area contributed by atoms with Gasteiger partial charge in [-0.2, -0.15) is 5.48 Å². The molecule has 1 rings (SSSR count). The summed E-state index contributed by atoms with van der Waals surface area (Å²) < 4.78 is 0. The fourth-order valence-corrected chi connectivity index (χ4v) is 0.683. The van der Waals surface area contributed by atoms with E-state index < -0.39 is 0 Å². The Morgan fingerprint density at radius 1 is 1.38 bits per heavy atom. The quantitative estimate of drug-likeness (QED) is 0.509. The third kappa shape index (κ3) is 1.98. The third-order valence-corrected chi connectivity index (χ3v) is 1.15. The molecule has 0 bridgehead atoms. The lowest BCUT2D eigenvalue weighted by atomic mass is 10.2. The lowest BCUT2D eigenvalue weighted by Crippen LogP contribution is -2.13. The van der Waals surface area contributed by atoms with Crippen LogP contribution in [-0.2, 0) is 4.84 Å². The zero-order valence-corrected chi connectivity index (χ0v) is 4.89. The van der Waals surface area contributed by atoms with E-state index in [1.54, 1.807) is 6.26 Å². The van der Waals surface area contributed by atoms with Gasteiger partial charge in [0.15, 0.2) is 0 Å². The van der Waals surface area contributed by atoms with Crippen molar-refractivity contribution in [3.05, 3.63) is 12.3 Å². The zero-order valence-electron chi connectivity index (χ0n) is 4.89. The fraction of sp³-hybridized carbons (Fsp3) is 0.667. The standard InChI is InChI=1S/C6H11NO/c1-2-4-6-8-7-5-3-1/h4,6-7H,1-3,5H2/b6-4-. The van der Waals surface area contributed by atoms with Gasteiger partial charge in [-0.15, -0.1) is 0 Å². The molecule has 0 radical (unpaired) electrons. The van der Waals surface area contributed by atoms with Gasteiger partial charge < -0.3 is 4.84 Å². The third-order valence-electron chi connectivity index (χ3n) is 1.15. The largest absolute Gasteiger partial charge is 0.417 e. The summed E-state index contributed by atoms with van der Waals surface area (Å²) in [6, 6.07) is 0. The molecule has 0 saturated carbocycles. The van der Waals surface area contributed by atoms with Crippen LogP contribution >= 0.6 is 0 Å². The minimum atomic E-state index is 0.977. The van der Waals surface area contributed by atoms with Crippen LogP contribution in [0.3, 0.4) is 0 Å². The Morgan fingerprint density at radius 3 is 3.38 bits per heavy atom. The van der Waals surface area contributed by atoms with E-state index >= 15 is 0 Å². The number of hydrogen-bond donors (Lipinski definition) is 1. The van der Waals surface area contributed by atoms with Crippen molar-refractivity contribution in [2.75, 3.05) is 6.54 Å². The smallest absolute Gasteiger partial charge is 0.107 e. The highest BCUT2D eigenvalue weighted by molar-refractivity contribution is 4.73. The van der Waals surface area contributed by atoms with Gasteiger partial charge in [0.25, 0.3) is 0 Å². The molecular weight excluding hydrogens is 102 g/mol. The molecule has 0 amide bonds. The van der Waals surface area contributed by atoms with Crippen molar-refractivity contribution >= 4 is 0 Å². The highest BCUT2D eigenvalue weighted by Gasteiger charge is 1.88. The summed E-state index contributed by atoms with van der Waals surface area (Å²) in [4.78, 5) is 4.84. The monoisotopic (exact) mass is 113 g/mol. The molecule has 2 nitrogen and oxygen atoms in total. The van der Waals surface area contributed by atoms with Gasteiger partial charge in [0.2, 0.25) is 0 Å². The maximum absolute atomic E-state index is 4.84. The van der Waals surface area contributed by atoms with Crippen LogP contribution in [0.25, 0.3) is 0 Å². The molecule has 0 atom stereocenters. The molecule has 0 fully saturated rings. The van der Waals surface area contributed by atoms with Crippen molar-refractivity contribution in [3.8, 4) is 0 Å². The molecule has 0 aromatic carbocycles. The van der Waals surface area contributed by atoms with E-state index in [0.29, 0.717) is 0 Å². The predicted molar refractivity (Wildman–Crippen MR) is 32.1 cm³/mol. The number of rotatable bonds is 0. The van der Waals surface area contributed by atoms with Crippen LogP contribution in [0.1, 0.15) is 19.3 Å². The van der Waals surface area contributed by atoms with Crippen molar-refractivity contribution in [3.63, 3.8) is 0 Å². The molecule has 1 heterocycles. The second kappa shape index (κ2) is 3.50. The first kappa shape index (κ1) is 5.63. The summed E-state index contributed by atoms with van der Waals surface area (Å²) in [5.74, 6) is 0. The number of hydrogen-bond acceptors (Lipinski definition) is 2. The van der Waals surface area contributed by atoms with E-state index in [4.69, 9.17) is 4.84 Å². The van der Waals surface area contributed by atoms with E-state index in [2.05, 4.69) is 5.48 Å². The first-order valence-corrected chi connectivity index (χ1v) is 3.03. The zero-order chi connectivity index (χ0) is 5.66. The molecule has 0 aromatic heterocycles. The highest BCUT2D eigenvalue weighted by atomic mass is 16.6. The van der Waals surface area contributed by atoms with Crippen LogP contribution in [0.2, 0.25) is 0 Å². The molecule has 1 N–H and O–H groups in total. The molecule has 46 valence electrons. The van der Waals surface area contributed by atoms with Crippen LogP contribution in [-0.4, -0.2) is 6.54 Å². The summed E-state index contributed by atoms with van der Waals surface area (Å²) >= 11 is 0. The van der Waals surface area contributed by atoms with Gasteiger partial charge in [-0.1, -0.05) is 0 Å². The van der Waals surface area contributed by atoms with E-state index in [-0.39, 0.29) is 0 Å². The highest BCUT2D eigenvalue weighted by Crippen LogP contribution is 1.97. The minimum Gasteiger partial charge on any atom is -0.417 e. The lowest BCUT2D eigenvalue weighted by Gasteiger charge is -2.04. The Bertz CT molecular complexity index is 70.6. The van der Waals surface area contributed by atoms with Crippen LogP contribution in [0.15, 0.2) is 12.3 Å². The summed E-state index contributed by atoms with van der Waals surface area (Å²) in [5.41, 5.74) is 2.80. The van der Waals surface area contributed by atoms with E-state index in [9.17, 15) is 0 Å². The first-order valence-electron chi connectivity index (χ1n) is 3.03. The van der Waals surface area contributed by atoms with Gasteiger partial charge in [-0.25, -0.2) is 0 Å². The van der Waals surface area contributed by atoms with Crippen molar-refractivity contribution < 1.29 is 4.84 Å². The normalized spacial score (nSPS) is 25.0. The Labute approximate surface area is 49.5 Å². The molecule has 0 unspecified atom stereocenters. The summed E-state index contributed by atoms with van der Waals surface area (Å²) in [6.07, 6.45) is 7.38. The second-order valence-corrected chi connectivity index (χ2v) is 1.88. The molecule has 8 heavy (non-hydrogen) atoms. The van der Waals surface area contributed by atoms with Crippen LogP contribution in [0, 0.1) is 0 Å². The van der Waals surface area contributed by atoms with E-state index in [1.165, 1.54) is 12.8 Å². The summed E-state index contributed by atoms with van der Waals surface area (Å²) in [6.45, 7) is 0.977. The topological polar surface area (TPSA) is 21.3 Å². The number of allylic oxidation sites excluding steroid dienone is 1. The summed E-state index contributed by atoms with van der Waals surface area (Å²) in [5, 5.41) is 0. The maximum atomic E-state index is 4.84. The van der Waals surface area contributed by atoms with Gasteiger partial charge >= 0.3 is 0 Å². The van der Waals surface area contributed by atoms with Crippen LogP contribution in [0.4, 0.5) is 0 Å². The Balaban J connectivity index is 2.17. The average molecular weight is 113 g/mol. The van der Waals surface area contributed by atoms with Gasteiger partial charge in [0.1, 0.15) is 6.26 Å². The molecule has 2 heteroatoms. The maximum Gasteiger partial charge on any atom is 0.107 e. The van der Waals surface area contributed by atoms with Gasteiger partial charge in [-0.3, -0.25) is 0 Å². The van der Waals surface area contributed by atoms with Gasteiger partial charge in [0, 0.05) is 6.54 Å². The molecule has 0 aromatic rings. The predicted octanol–water partition coefficient (Wildman–Crippen LogP) is 1.21. The average Bonchev–Trinajstić information content (AvgIpc) is 1.62. The SMILES string of the molecule is C1=C\ONCCCC/1. The summed E-state index contributed by atoms with van der Waals surface area (Å²) in [7, 11) is 0. The lowest BCUT2D eigenvalue weighted by molar-refractivity contribution is 0.129. The van der Waals surface area contributed by atoms with Crippen molar-refractivity contribution in [1.29, 1.82) is 0 Å². The van der Waals surface area contributed by atoms with Gasteiger partial charge in [-0.05, 0) is 25.3 Å². The first-order chi connectivity index (χ1) is 4.00. The van der Waals surface area contributed by atoms with Crippen LogP contribution in [0.5, 0.6) is 0 Å². The Morgan fingerprint density at radius 2 is 2.38 bits per heavy atom. The van der Waals surface area contributed by atoms with E-state index in [0.717, 1.165) is 13.0 Å². The molecule has 1 aliphatic heterocycles. The molecule has 1 aliphatic rings. The van der Waals surface area contributed by atoms with Gasteiger partial charge in [0.05, 0.1) is 0 Å². The number of hydroxylamine groups is 1. The Kier molecular flexibility index (Phi) is 2.46. The van der Waals surface area contributed by atoms with Crippen molar-refractivity contribution in [2.24, 2.45) is 0 Å². The molecule has 0 saturated heterocycles. The molecule has 0 aliphatic carbocycles. The molecule has 0 spiro atoms. The number of nitrogens with one attached hydrogen (secondary N) is 1. The van der Waals surface area contributed by atoms with E-state index in [1.807, 2.05) is 6.08 Å². The molecular formula is C6H11NO.